The third kappa shape index (κ3) is 3.76. The van der Waals surface area contributed by atoms with Crippen molar-refractivity contribution in [1.82, 2.24) is 10.2 Å². The lowest BCUT2D eigenvalue weighted by Crippen LogP contribution is -2.50. The molecule has 4 nitrogen and oxygen atoms in total. The second-order valence-corrected chi connectivity index (χ2v) is 5.57. The van der Waals surface area contributed by atoms with Crippen LogP contribution in [-0.2, 0) is 4.79 Å². The van der Waals surface area contributed by atoms with Crippen LogP contribution in [0.25, 0.3) is 0 Å². The van der Waals surface area contributed by atoms with E-state index in [2.05, 4.69) is 19.2 Å². The van der Waals surface area contributed by atoms with E-state index in [1.165, 1.54) is 6.42 Å². The van der Waals surface area contributed by atoms with Crippen LogP contribution in [0.1, 0.15) is 33.1 Å². The molecule has 1 amide bonds. The zero-order valence-corrected chi connectivity index (χ0v) is 10.8. The lowest BCUT2D eigenvalue weighted by Gasteiger charge is -2.32. The van der Waals surface area contributed by atoms with Crippen molar-refractivity contribution in [1.29, 1.82) is 0 Å². The summed E-state index contributed by atoms with van der Waals surface area (Å²) in [5.41, 5.74) is 5.68. The first-order valence-corrected chi connectivity index (χ1v) is 6.15. The predicted octanol–water partition coefficient (Wildman–Crippen LogP) is 0.572. The summed E-state index contributed by atoms with van der Waals surface area (Å²) in [5, 5.41) is 3.28. The molecule has 1 unspecified atom stereocenters. The Labute approximate surface area is 98.6 Å². The zero-order valence-electron chi connectivity index (χ0n) is 10.8. The fraction of sp³-hybridized carbons (Fsp3) is 0.917. The van der Waals surface area contributed by atoms with E-state index >= 15 is 0 Å². The number of nitrogens with two attached hydrogens (primary N) is 1. The Morgan fingerprint density at radius 2 is 2.19 bits per heavy atom. The Bertz CT molecular complexity index is 234. The number of carbonyl (C=O) groups excluding carboxylic acids is 1. The van der Waals surface area contributed by atoms with Gasteiger partial charge in [0.25, 0.3) is 0 Å². The number of hydrogen-bond donors (Lipinski definition) is 2. The molecule has 94 valence electrons. The van der Waals surface area contributed by atoms with Crippen LogP contribution in [0, 0.1) is 5.41 Å². The van der Waals surface area contributed by atoms with Crippen molar-refractivity contribution in [2.75, 3.05) is 26.7 Å². The van der Waals surface area contributed by atoms with Crippen LogP contribution in [0.3, 0.4) is 0 Å². The smallest absolute Gasteiger partial charge is 0.239 e. The first-order chi connectivity index (χ1) is 7.46. The lowest BCUT2D eigenvalue weighted by atomic mass is 9.92. The number of rotatable bonds is 4. The summed E-state index contributed by atoms with van der Waals surface area (Å²) in [5.74, 6) is 0.209. The highest BCUT2D eigenvalue weighted by atomic mass is 16.2. The van der Waals surface area contributed by atoms with E-state index < -0.39 is 0 Å². The molecule has 3 N–H and O–H groups in total. The molecule has 1 aliphatic rings. The molecule has 0 spiro atoms. The zero-order chi connectivity index (χ0) is 12.2. The first kappa shape index (κ1) is 13.5. The molecule has 1 saturated heterocycles. The van der Waals surface area contributed by atoms with Crippen LogP contribution in [0.2, 0.25) is 0 Å². The molecular weight excluding hydrogens is 202 g/mol. The third-order valence-corrected chi connectivity index (χ3v) is 3.20. The highest BCUT2D eigenvalue weighted by Crippen LogP contribution is 2.16. The molecule has 1 rings (SSSR count). The summed E-state index contributed by atoms with van der Waals surface area (Å²) in [6, 6.07) is 0.0207. The molecule has 1 heterocycles. The first-order valence-electron chi connectivity index (χ1n) is 6.15. The Balaban J connectivity index is 2.46. The van der Waals surface area contributed by atoms with E-state index in [4.69, 9.17) is 5.73 Å². The minimum atomic E-state index is -0.000916. The second kappa shape index (κ2) is 5.64. The van der Waals surface area contributed by atoms with Gasteiger partial charge in [0.1, 0.15) is 0 Å². The Hall–Kier alpha value is -0.610. The summed E-state index contributed by atoms with van der Waals surface area (Å²) < 4.78 is 0. The fourth-order valence-corrected chi connectivity index (χ4v) is 2.11. The van der Waals surface area contributed by atoms with E-state index in [1.807, 2.05) is 11.9 Å². The van der Waals surface area contributed by atoms with Gasteiger partial charge in [-0.3, -0.25) is 4.79 Å². The van der Waals surface area contributed by atoms with Crippen LogP contribution in [0.15, 0.2) is 0 Å². The van der Waals surface area contributed by atoms with E-state index in [9.17, 15) is 4.79 Å². The monoisotopic (exact) mass is 227 g/mol. The highest BCUT2D eigenvalue weighted by molar-refractivity contribution is 5.81. The SMILES string of the molecule is CN(CC(C)(C)CN)C(=O)C1CCCCN1. The van der Waals surface area contributed by atoms with E-state index in [0.29, 0.717) is 6.54 Å². The molecule has 4 heteroatoms. The molecule has 0 bridgehead atoms. The van der Waals surface area contributed by atoms with Crippen LogP contribution in [0.5, 0.6) is 0 Å². The largest absolute Gasteiger partial charge is 0.344 e. The van der Waals surface area contributed by atoms with Crippen molar-refractivity contribution in [3.05, 3.63) is 0 Å². The Morgan fingerprint density at radius 3 is 2.69 bits per heavy atom. The number of nitrogens with one attached hydrogen (secondary N) is 1. The molecule has 0 aromatic rings. The number of nitrogens with zero attached hydrogens (tertiary/aromatic N) is 1. The molecule has 0 aromatic heterocycles. The maximum atomic E-state index is 12.1. The summed E-state index contributed by atoms with van der Waals surface area (Å²) in [4.78, 5) is 13.9. The quantitative estimate of drug-likeness (QED) is 0.738. The van der Waals surface area contributed by atoms with Crippen molar-refractivity contribution in [3.63, 3.8) is 0 Å². The van der Waals surface area contributed by atoms with Gasteiger partial charge in [0, 0.05) is 13.6 Å². The van der Waals surface area contributed by atoms with Crippen LogP contribution >= 0.6 is 0 Å². The molecule has 0 aliphatic carbocycles. The minimum absolute atomic E-state index is 0.000916. The van der Waals surface area contributed by atoms with Crippen molar-refractivity contribution in [3.8, 4) is 0 Å². The Kier molecular flexibility index (Phi) is 4.74. The van der Waals surface area contributed by atoms with E-state index in [-0.39, 0.29) is 17.4 Å². The maximum Gasteiger partial charge on any atom is 0.239 e. The van der Waals surface area contributed by atoms with Gasteiger partial charge in [0.05, 0.1) is 6.04 Å². The van der Waals surface area contributed by atoms with Gasteiger partial charge in [-0.15, -0.1) is 0 Å². The van der Waals surface area contributed by atoms with Crippen LogP contribution < -0.4 is 11.1 Å². The third-order valence-electron chi connectivity index (χ3n) is 3.20. The molecule has 0 aromatic carbocycles. The van der Waals surface area contributed by atoms with Crippen LogP contribution in [-0.4, -0.2) is 43.5 Å². The van der Waals surface area contributed by atoms with Gasteiger partial charge in [-0.25, -0.2) is 0 Å². The van der Waals surface area contributed by atoms with Gasteiger partial charge in [0.2, 0.25) is 5.91 Å². The number of carbonyl (C=O) groups is 1. The lowest BCUT2D eigenvalue weighted by molar-refractivity contribution is -0.133. The number of likely N-dealkylation sites (N-methyl/N-ethyl adjacent to an activating group) is 1. The number of amides is 1. The Morgan fingerprint density at radius 1 is 1.50 bits per heavy atom. The van der Waals surface area contributed by atoms with E-state index in [1.54, 1.807) is 0 Å². The topological polar surface area (TPSA) is 58.4 Å². The van der Waals surface area contributed by atoms with Crippen molar-refractivity contribution in [2.24, 2.45) is 11.1 Å². The fourth-order valence-electron chi connectivity index (χ4n) is 2.11. The molecule has 0 saturated carbocycles. The van der Waals surface area contributed by atoms with E-state index in [0.717, 1.165) is 25.9 Å². The molecule has 1 aliphatic heterocycles. The van der Waals surface area contributed by atoms with Crippen molar-refractivity contribution in [2.45, 2.75) is 39.2 Å². The molecular formula is C12H25N3O. The predicted molar refractivity (Wildman–Crippen MR) is 66.1 cm³/mol. The summed E-state index contributed by atoms with van der Waals surface area (Å²) in [7, 11) is 1.87. The van der Waals surface area contributed by atoms with Gasteiger partial charge in [-0.1, -0.05) is 20.3 Å². The van der Waals surface area contributed by atoms with Gasteiger partial charge in [-0.05, 0) is 31.3 Å². The number of piperidine rings is 1. The number of hydrogen-bond acceptors (Lipinski definition) is 3. The average molecular weight is 227 g/mol. The molecule has 1 fully saturated rings. The van der Waals surface area contributed by atoms with Crippen LogP contribution in [0.4, 0.5) is 0 Å². The van der Waals surface area contributed by atoms with Gasteiger partial charge < -0.3 is 16.0 Å². The normalized spacial score (nSPS) is 21.9. The standard InChI is InChI=1S/C12H25N3O/c1-12(2,8-13)9-15(3)11(16)10-6-4-5-7-14-10/h10,14H,4-9,13H2,1-3H3. The summed E-state index contributed by atoms with van der Waals surface area (Å²) in [6.45, 7) is 6.46. The molecule has 0 radical (unpaired) electrons. The average Bonchev–Trinajstić information content (AvgIpc) is 2.28. The van der Waals surface area contributed by atoms with Gasteiger partial charge in [-0.2, -0.15) is 0 Å². The molecule has 16 heavy (non-hydrogen) atoms. The maximum absolute atomic E-state index is 12.1. The van der Waals surface area contributed by atoms with Gasteiger partial charge >= 0.3 is 0 Å². The molecule has 1 atom stereocenters. The summed E-state index contributed by atoms with van der Waals surface area (Å²) in [6.07, 6.45) is 3.30. The van der Waals surface area contributed by atoms with Crippen molar-refractivity contribution >= 4 is 5.91 Å². The minimum Gasteiger partial charge on any atom is -0.344 e. The van der Waals surface area contributed by atoms with Crippen molar-refractivity contribution < 1.29 is 4.79 Å². The second-order valence-electron chi connectivity index (χ2n) is 5.57. The van der Waals surface area contributed by atoms with Gasteiger partial charge in [0.15, 0.2) is 0 Å². The highest BCUT2D eigenvalue weighted by Gasteiger charge is 2.27. The summed E-state index contributed by atoms with van der Waals surface area (Å²) >= 11 is 0.